The van der Waals surface area contributed by atoms with E-state index in [4.69, 9.17) is 25.5 Å². The lowest BCUT2D eigenvalue weighted by molar-refractivity contribution is -0.0259. The van der Waals surface area contributed by atoms with Gasteiger partial charge in [0.2, 0.25) is 0 Å². The fraction of sp³-hybridized carbons (Fsp3) is 0.625. The molecule has 0 amide bonds. The van der Waals surface area contributed by atoms with Gasteiger partial charge in [-0.15, -0.1) is 6.58 Å². The van der Waals surface area contributed by atoms with E-state index >= 15 is 0 Å². The zero-order valence-electron chi connectivity index (χ0n) is 19.1. The van der Waals surface area contributed by atoms with Crippen molar-refractivity contribution < 1.29 is 18.9 Å². The van der Waals surface area contributed by atoms with E-state index in [1.807, 2.05) is 32.1 Å². The summed E-state index contributed by atoms with van der Waals surface area (Å²) in [6.07, 6.45) is 9.48. The van der Waals surface area contributed by atoms with Gasteiger partial charge in [0.05, 0.1) is 31.0 Å². The van der Waals surface area contributed by atoms with Crippen molar-refractivity contribution in [1.29, 1.82) is 0 Å². The molecule has 0 heterocycles. The quantitative estimate of drug-likeness (QED) is 0.193. The Morgan fingerprint density at radius 3 is 1.97 bits per heavy atom. The summed E-state index contributed by atoms with van der Waals surface area (Å²) >= 11 is 0. The topological polar surface area (TPSA) is 41.3 Å². The van der Waals surface area contributed by atoms with Crippen molar-refractivity contribution in [3.8, 4) is 0 Å². The molecule has 0 aliphatic rings. The maximum absolute atomic E-state index is 7.00. The molecule has 0 fully saturated rings. The normalized spacial score (nSPS) is 16.6. The monoisotopic (exact) mass is 405 g/mol. The highest BCUT2D eigenvalue weighted by molar-refractivity contribution is 5.25. The fourth-order valence-electron chi connectivity index (χ4n) is 3.10. The maximum Gasteiger partial charge on any atom is 0.159 e. The van der Waals surface area contributed by atoms with Gasteiger partial charge in [0.1, 0.15) is 0 Å². The highest BCUT2D eigenvalue weighted by atomic mass is 16.5. The molecule has 0 aliphatic heterocycles. The van der Waals surface area contributed by atoms with Crippen LogP contribution in [-0.2, 0) is 18.9 Å². The second-order valence-electron chi connectivity index (χ2n) is 7.26. The molecule has 0 aromatic heterocycles. The number of methoxy groups -OCH3 is 4. The Hall–Kier alpha value is -1.71. The van der Waals surface area contributed by atoms with Gasteiger partial charge in [0.15, 0.2) is 5.70 Å². The summed E-state index contributed by atoms with van der Waals surface area (Å²) in [6, 6.07) is 0. The van der Waals surface area contributed by atoms with Crippen LogP contribution in [0.3, 0.4) is 0 Å². The molecule has 0 aromatic carbocycles. The Morgan fingerprint density at radius 2 is 1.48 bits per heavy atom. The average Bonchev–Trinajstić information content (AvgIpc) is 2.73. The lowest BCUT2D eigenvalue weighted by Gasteiger charge is -2.27. The van der Waals surface area contributed by atoms with Crippen molar-refractivity contribution in [3.05, 3.63) is 59.6 Å². The van der Waals surface area contributed by atoms with Gasteiger partial charge < -0.3 is 18.9 Å². The predicted molar refractivity (Wildman–Crippen MR) is 120 cm³/mol. The van der Waals surface area contributed by atoms with E-state index in [2.05, 4.69) is 18.0 Å². The van der Waals surface area contributed by atoms with Crippen LogP contribution in [0.2, 0.25) is 0 Å². The third-order valence-corrected chi connectivity index (χ3v) is 4.98. The molecule has 0 saturated heterocycles. The standard InChI is InChI=1S/C24H39NO4/c1-10-11-21(26-6)15-22(27-7)16-23(28-8)17-24(29-9)19(3)14-18(2)12-13-20(4)25-5/h10,13-14,21-24H,1,3,11-12,15-17H2,2,4,6-9H3/b18-14-,20-13+/t21-,22-,23-,24-/m0/s1. The summed E-state index contributed by atoms with van der Waals surface area (Å²) in [5.41, 5.74) is 2.73. The smallest absolute Gasteiger partial charge is 0.159 e. The van der Waals surface area contributed by atoms with Crippen molar-refractivity contribution in [2.24, 2.45) is 0 Å². The van der Waals surface area contributed by atoms with Crippen LogP contribution in [0.1, 0.15) is 46.0 Å². The van der Waals surface area contributed by atoms with Crippen LogP contribution in [0.25, 0.3) is 4.85 Å². The first kappa shape index (κ1) is 27.3. The van der Waals surface area contributed by atoms with Gasteiger partial charge in [-0.2, -0.15) is 0 Å². The zero-order valence-corrected chi connectivity index (χ0v) is 19.1. The first-order chi connectivity index (χ1) is 13.8. The number of rotatable bonds is 16. The van der Waals surface area contributed by atoms with Crippen LogP contribution >= 0.6 is 0 Å². The van der Waals surface area contributed by atoms with Gasteiger partial charge in [-0.05, 0) is 38.7 Å². The van der Waals surface area contributed by atoms with Crippen LogP contribution in [0, 0.1) is 6.57 Å². The van der Waals surface area contributed by atoms with Gasteiger partial charge in [-0.3, -0.25) is 0 Å². The summed E-state index contributed by atoms with van der Waals surface area (Å²) in [6.45, 7) is 18.8. The Morgan fingerprint density at radius 1 is 0.931 bits per heavy atom. The van der Waals surface area contributed by atoms with Crippen LogP contribution in [0.4, 0.5) is 0 Å². The minimum absolute atomic E-state index is 0.0228. The van der Waals surface area contributed by atoms with Crippen molar-refractivity contribution >= 4 is 0 Å². The van der Waals surface area contributed by atoms with Crippen molar-refractivity contribution in [1.82, 2.24) is 0 Å². The molecular weight excluding hydrogens is 366 g/mol. The first-order valence-electron chi connectivity index (χ1n) is 9.97. The molecule has 0 aliphatic carbocycles. The van der Waals surface area contributed by atoms with Gasteiger partial charge in [0.25, 0.3) is 0 Å². The number of allylic oxidation sites excluding steroid dienone is 3. The first-order valence-corrected chi connectivity index (χ1v) is 9.97. The van der Waals surface area contributed by atoms with E-state index < -0.39 is 0 Å². The molecule has 164 valence electrons. The van der Waals surface area contributed by atoms with Gasteiger partial charge in [0, 0.05) is 41.3 Å². The molecule has 29 heavy (non-hydrogen) atoms. The highest BCUT2D eigenvalue weighted by Crippen LogP contribution is 2.22. The Balaban J connectivity index is 4.97. The molecular formula is C24H39NO4. The molecule has 0 bridgehead atoms. The molecule has 5 heteroatoms. The molecule has 0 spiro atoms. The van der Waals surface area contributed by atoms with Gasteiger partial charge in [-0.25, -0.2) is 4.85 Å². The second kappa shape index (κ2) is 16.1. The molecule has 4 atom stereocenters. The maximum atomic E-state index is 7.00. The molecule has 0 unspecified atom stereocenters. The van der Waals surface area contributed by atoms with E-state index in [1.54, 1.807) is 28.4 Å². The largest absolute Gasteiger partial charge is 0.381 e. The van der Waals surface area contributed by atoms with E-state index in [9.17, 15) is 0 Å². The molecule has 0 rings (SSSR count). The summed E-state index contributed by atoms with van der Waals surface area (Å²) in [5.74, 6) is 0. The molecule has 0 N–H and O–H groups in total. The Kier molecular flexibility index (Phi) is 15.2. The predicted octanol–water partition coefficient (Wildman–Crippen LogP) is 5.51. The Labute approximate surface area is 177 Å². The average molecular weight is 406 g/mol. The fourth-order valence-corrected chi connectivity index (χ4v) is 3.10. The molecule has 5 nitrogen and oxygen atoms in total. The molecule has 0 radical (unpaired) electrons. The van der Waals surface area contributed by atoms with E-state index in [1.165, 1.54) is 0 Å². The van der Waals surface area contributed by atoms with Crippen molar-refractivity contribution in [3.63, 3.8) is 0 Å². The third kappa shape index (κ3) is 11.8. The summed E-state index contributed by atoms with van der Waals surface area (Å²) in [7, 11) is 6.83. The number of hydrogen-bond acceptors (Lipinski definition) is 4. The number of nitrogens with zero attached hydrogens (tertiary/aromatic N) is 1. The van der Waals surface area contributed by atoms with Gasteiger partial charge >= 0.3 is 0 Å². The number of ether oxygens (including phenoxy) is 4. The molecule has 0 aromatic rings. The number of hydrogen-bond donors (Lipinski definition) is 0. The van der Waals surface area contributed by atoms with Gasteiger partial charge in [-0.1, -0.05) is 30.4 Å². The second-order valence-corrected chi connectivity index (χ2v) is 7.26. The lowest BCUT2D eigenvalue weighted by atomic mass is 9.96. The SMILES string of the molecule is [C-]#[N+]/C(C)=C/C/C(C)=C\C(=C)[C@H](C[C@H](C[C@H](C[C@H](CC=C)OC)OC)OC)OC. The van der Waals surface area contributed by atoms with E-state index in [-0.39, 0.29) is 24.4 Å². The summed E-state index contributed by atoms with van der Waals surface area (Å²) < 4.78 is 22.6. The lowest BCUT2D eigenvalue weighted by Crippen LogP contribution is -2.30. The van der Waals surface area contributed by atoms with Crippen LogP contribution in [0.5, 0.6) is 0 Å². The Bertz CT molecular complexity index is 588. The third-order valence-electron chi connectivity index (χ3n) is 4.98. The van der Waals surface area contributed by atoms with Crippen molar-refractivity contribution in [2.75, 3.05) is 28.4 Å². The summed E-state index contributed by atoms with van der Waals surface area (Å²) in [4.78, 5) is 3.41. The summed E-state index contributed by atoms with van der Waals surface area (Å²) in [5, 5.41) is 0. The minimum atomic E-state index is -0.148. The van der Waals surface area contributed by atoms with Crippen LogP contribution in [0.15, 0.2) is 48.2 Å². The highest BCUT2D eigenvalue weighted by Gasteiger charge is 2.23. The van der Waals surface area contributed by atoms with E-state index in [0.717, 1.165) is 36.8 Å². The molecule has 0 saturated carbocycles. The van der Waals surface area contributed by atoms with E-state index in [0.29, 0.717) is 12.1 Å². The minimum Gasteiger partial charge on any atom is -0.381 e. The zero-order chi connectivity index (χ0) is 22.2. The van der Waals surface area contributed by atoms with Crippen LogP contribution < -0.4 is 0 Å². The van der Waals surface area contributed by atoms with Crippen LogP contribution in [-0.4, -0.2) is 52.9 Å². The van der Waals surface area contributed by atoms with Crippen molar-refractivity contribution in [2.45, 2.75) is 70.4 Å².